The summed E-state index contributed by atoms with van der Waals surface area (Å²) in [6.45, 7) is 18.0. The van der Waals surface area contributed by atoms with E-state index in [2.05, 4.69) is 67.5 Å². The first-order valence-corrected chi connectivity index (χ1v) is 8.83. The van der Waals surface area contributed by atoms with Crippen LogP contribution in [0.4, 0.5) is 0 Å². The lowest BCUT2D eigenvalue weighted by Gasteiger charge is -2.31. The first kappa shape index (κ1) is 18.3. The summed E-state index contributed by atoms with van der Waals surface area (Å²) in [5.74, 6) is 1.55. The molecule has 1 aromatic carbocycles. The minimum Gasteiger partial charge on any atom is -0.496 e. The monoisotopic (exact) mass is 318 g/mol. The van der Waals surface area contributed by atoms with Crippen molar-refractivity contribution in [1.82, 2.24) is 0 Å². The topological polar surface area (TPSA) is 21.8 Å². The zero-order valence-electron chi connectivity index (χ0n) is 16.4. The molecular weight excluding hydrogens is 284 g/mol. The van der Waals surface area contributed by atoms with Crippen LogP contribution in [0.5, 0.6) is 5.75 Å². The van der Waals surface area contributed by atoms with Gasteiger partial charge in [0, 0.05) is 11.1 Å². The Balaban J connectivity index is 2.51. The first-order valence-electron chi connectivity index (χ1n) is 8.83. The number of benzene rings is 1. The fourth-order valence-electron chi connectivity index (χ4n) is 3.23. The molecule has 1 aliphatic rings. The highest BCUT2D eigenvalue weighted by atomic mass is 16.6. The van der Waals surface area contributed by atoms with Crippen molar-refractivity contribution in [3.8, 4) is 5.75 Å². The van der Waals surface area contributed by atoms with Crippen molar-refractivity contribution >= 4 is 0 Å². The van der Waals surface area contributed by atoms with E-state index in [-0.39, 0.29) is 10.8 Å². The summed E-state index contributed by atoms with van der Waals surface area (Å²) in [6, 6.07) is 4.71. The Hall–Kier alpha value is -1.02. The number of rotatable bonds is 4. The number of hydrogen-bond acceptors (Lipinski definition) is 2. The molecule has 130 valence electrons. The molecule has 1 aliphatic heterocycles. The molecule has 0 saturated carbocycles. The van der Waals surface area contributed by atoms with Crippen LogP contribution in [-0.2, 0) is 15.6 Å². The Morgan fingerprint density at radius 2 is 1.48 bits per heavy atom. The lowest BCUT2D eigenvalue weighted by Crippen LogP contribution is -2.20. The lowest BCUT2D eigenvalue weighted by molar-refractivity contribution is 0.361. The highest BCUT2D eigenvalue weighted by molar-refractivity contribution is 5.51. The second-order valence-electron chi connectivity index (χ2n) is 9.17. The van der Waals surface area contributed by atoms with E-state index in [1.807, 2.05) is 0 Å². The van der Waals surface area contributed by atoms with Crippen LogP contribution in [0.25, 0.3) is 0 Å². The van der Waals surface area contributed by atoms with Crippen LogP contribution in [0.15, 0.2) is 12.1 Å². The third-order valence-electron chi connectivity index (χ3n) is 4.92. The average molecular weight is 319 g/mol. The van der Waals surface area contributed by atoms with Gasteiger partial charge in [-0.1, -0.05) is 60.6 Å². The average Bonchev–Trinajstić information content (AvgIpc) is 3.10. The zero-order chi connectivity index (χ0) is 17.6. The normalized spacial score (nSPS) is 22.8. The molecule has 3 atom stereocenters. The van der Waals surface area contributed by atoms with Crippen molar-refractivity contribution in [2.75, 3.05) is 7.11 Å². The minimum atomic E-state index is 0.0600. The lowest BCUT2D eigenvalue weighted by atomic mass is 9.76. The van der Waals surface area contributed by atoms with Gasteiger partial charge >= 0.3 is 0 Å². The fraction of sp³-hybridized carbons (Fsp3) is 0.714. The Morgan fingerprint density at radius 3 is 1.78 bits per heavy atom. The fourth-order valence-corrected chi connectivity index (χ4v) is 3.23. The van der Waals surface area contributed by atoms with Crippen LogP contribution in [0.3, 0.4) is 0 Å². The van der Waals surface area contributed by atoms with Crippen LogP contribution in [-0.4, -0.2) is 19.3 Å². The molecule has 0 N–H and O–H groups in total. The van der Waals surface area contributed by atoms with Gasteiger partial charge in [0.1, 0.15) is 5.75 Å². The van der Waals surface area contributed by atoms with Gasteiger partial charge in [-0.2, -0.15) is 0 Å². The van der Waals surface area contributed by atoms with Crippen LogP contribution >= 0.6 is 0 Å². The van der Waals surface area contributed by atoms with Gasteiger partial charge in [0.05, 0.1) is 19.3 Å². The number of hydrogen-bond donors (Lipinski definition) is 0. The number of methoxy groups -OCH3 is 1. The summed E-state index contributed by atoms with van der Waals surface area (Å²) in [5.41, 5.74) is 4.14. The smallest absolute Gasteiger partial charge is 0.126 e. The molecule has 1 saturated heterocycles. The van der Waals surface area contributed by atoms with Gasteiger partial charge in [0.2, 0.25) is 0 Å². The highest BCUT2D eigenvalue weighted by Gasteiger charge is 2.36. The summed E-state index contributed by atoms with van der Waals surface area (Å²) in [7, 11) is 1.79. The van der Waals surface area contributed by atoms with Gasteiger partial charge in [-0.15, -0.1) is 0 Å². The van der Waals surface area contributed by atoms with E-state index in [0.717, 1.165) is 12.2 Å². The van der Waals surface area contributed by atoms with Gasteiger partial charge in [-0.05, 0) is 35.7 Å². The van der Waals surface area contributed by atoms with Crippen LogP contribution < -0.4 is 4.74 Å². The Labute approximate surface area is 142 Å². The van der Waals surface area contributed by atoms with Gasteiger partial charge in [0.15, 0.2) is 0 Å². The quantitative estimate of drug-likeness (QED) is 0.677. The molecule has 0 spiro atoms. The molecule has 0 amide bonds. The third-order valence-corrected chi connectivity index (χ3v) is 4.92. The molecule has 1 heterocycles. The Kier molecular flexibility index (Phi) is 4.88. The largest absolute Gasteiger partial charge is 0.496 e. The number of ether oxygens (including phenoxy) is 2. The van der Waals surface area contributed by atoms with E-state index >= 15 is 0 Å². The summed E-state index contributed by atoms with van der Waals surface area (Å²) in [4.78, 5) is 0. The molecule has 1 aromatic rings. The van der Waals surface area contributed by atoms with Gasteiger partial charge in [-0.25, -0.2) is 0 Å². The van der Waals surface area contributed by atoms with E-state index in [1.165, 1.54) is 16.7 Å². The first-order chi connectivity index (χ1) is 10.4. The second kappa shape index (κ2) is 6.12. The molecule has 0 aliphatic carbocycles. The molecule has 2 nitrogen and oxygen atoms in total. The molecule has 1 fully saturated rings. The van der Waals surface area contributed by atoms with E-state index < -0.39 is 0 Å². The van der Waals surface area contributed by atoms with Crippen molar-refractivity contribution in [2.45, 2.75) is 90.8 Å². The minimum absolute atomic E-state index is 0.0600. The van der Waals surface area contributed by atoms with Crippen LogP contribution in [0.2, 0.25) is 0 Å². The summed E-state index contributed by atoms with van der Waals surface area (Å²) < 4.78 is 11.5. The second-order valence-corrected chi connectivity index (χ2v) is 9.17. The van der Waals surface area contributed by atoms with Crippen molar-refractivity contribution < 1.29 is 9.47 Å². The molecule has 0 bridgehead atoms. The van der Waals surface area contributed by atoms with E-state index in [1.54, 1.807) is 7.11 Å². The number of epoxide rings is 1. The third kappa shape index (κ3) is 4.09. The molecule has 2 heteroatoms. The maximum Gasteiger partial charge on any atom is 0.126 e. The van der Waals surface area contributed by atoms with Crippen LogP contribution in [0.1, 0.15) is 84.4 Å². The van der Waals surface area contributed by atoms with Gasteiger partial charge < -0.3 is 9.47 Å². The molecule has 0 radical (unpaired) electrons. The molecule has 3 unspecified atom stereocenters. The molecule has 0 aromatic heterocycles. The predicted molar refractivity (Wildman–Crippen MR) is 97.8 cm³/mol. The maximum atomic E-state index is 5.85. The zero-order valence-corrected chi connectivity index (χ0v) is 16.4. The van der Waals surface area contributed by atoms with Gasteiger partial charge in [0.25, 0.3) is 0 Å². The van der Waals surface area contributed by atoms with Crippen LogP contribution in [0, 0.1) is 0 Å². The van der Waals surface area contributed by atoms with Crippen molar-refractivity contribution in [1.29, 1.82) is 0 Å². The Bertz CT molecular complexity index is 525. The maximum absolute atomic E-state index is 5.85. The summed E-state index contributed by atoms with van der Waals surface area (Å²) >= 11 is 0. The van der Waals surface area contributed by atoms with Gasteiger partial charge in [-0.3, -0.25) is 0 Å². The van der Waals surface area contributed by atoms with E-state index in [9.17, 15) is 0 Å². The van der Waals surface area contributed by atoms with E-state index in [4.69, 9.17) is 9.47 Å². The standard InChI is InChI=1S/C21H34O2/c1-13(10-18-14(2)23-18)15-11-16(20(3,4)5)19(22-9)17(12-15)21(6,7)8/h11-14,18H,10H2,1-9H3. The SMILES string of the molecule is COc1c(C(C)(C)C)cc(C(C)CC2OC2C)cc1C(C)(C)C. The van der Waals surface area contributed by atoms with Crippen molar-refractivity contribution in [3.63, 3.8) is 0 Å². The predicted octanol–water partition coefficient (Wildman–Crippen LogP) is 5.57. The van der Waals surface area contributed by atoms with Crippen molar-refractivity contribution in [2.24, 2.45) is 0 Å². The highest BCUT2D eigenvalue weighted by Crippen LogP contribution is 2.43. The molecule has 2 rings (SSSR count). The summed E-state index contributed by atoms with van der Waals surface area (Å²) in [5, 5.41) is 0. The molecular formula is C21H34O2. The Morgan fingerprint density at radius 1 is 1.04 bits per heavy atom. The van der Waals surface area contributed by atoms with Crippen molar-refractivity contribution in [3.05, 3.63) is 28.8 Å². The molecule has 23 heavy (non-hydrogen) atoms. The van der Waals surface area contributed by atoms with E-state index in [0.29, 0.717) is 18.1 Å². The summed E-state index contributed by atoms with van der Waals surface area (Å²) in [6.07, 6.45) is 1.96.